The number of benzene rings is 1. The number of rotatable bonds is 13. The first kappa shape index (κ1) is 40.4. The van der Waals surface area contributed by atoms with Crippen LogP contribution in [0.5, 0.6) is 0 Å². The van der Waals surface area contributed by atoms with E-state index >= 15 is 0 Å². The molecule has 1 aromatic carbocycles. The predicted octanol–water partition coefficient (Wildman–Crippen LogP) is 5.57. The molecule has 6 aromatic rings. The van der Waals surface area contributed by atoms with Crippen LogP contribution in [0.1, 0.15) is 42.4 Å². The van der Waals surface area contributed by atoms with E-state index in [4.69, 9.17) is 0 Å². The molecule has 0 saturated carbocycles. The largest absolute Gasteiger partial charge is 0.416 e. The molecule has 22 heteroatoms. The second-order valence-electron chi connectivity index (χ2n) is 14.2. The van der Waals surface area contributed by atoms with E-state index in [0.29, 0.717) is 37.5 Å². The SMILES string of the molecule is O=C(Cc1ccc(-c2ccc(N3CCC(Nc4nnc(NC(=O)Cc5ccc(C(F)(F)F)cc5)s4)CC3)nn2)nc1)Nc1nnc(NC2CCN(c3cccnn3)CC2)s1. The van der Waals surface area contributed by atoms with Gasteiger partial charge in [-0.25, -0.2) is 0 Å². The van der Waals surface area contributed by atoms with Gasteiger partial charge in [0, 0.05) is 50.7 Å². The molecule has 0 bridgehead atoms. The van der Waals surface area contributed by atoms with Gasteiger partial charge < -0.3 is 31.1 Å². The van der Waals surface area contributed by atoms with Crippen LogP contribution < -0.4 is 31.1 Å². The van der Waals surface area contributed by atoms with Crippen LogP contribution in [0, 0.1) is 0 Å². The fraction of sp³-hybridized carbons (Fsp3) is 0.342. The number of hydrogen-bond acceptors (Lipinski definition) is 17. The van der Waals surface area contributed by atoms with Gasteiger partial charge in [-0.3, -0.25) is 14.6 Å². The topological polar surface area (TPSA) is 205 Å². The van der Waals surface area contributed by atoms with Crippen LogP contribution in [0.25, 0.3) is 11.4 Å². The first-order chi connectivity index (χ1) is 29.1. The van der Waals surface area contributed by atoms with Crippen LogP contribution >= 0.6 is 22.7 Å². The van der Waals surface area contributed by atoms with Crippen LogP contribution in [-0.2, 0) is 28.6 Å². The Morgan fingerprint density at radius 1 is 0.617 bits per heavy atom. The average Bonchev–Trinajstić information content (AvgIpc) is 3.90. The number of nitrogens with zero attached hydrogens (tertiary/aromatic N) is 11. The van der Waals surface area contributed by atoms with E-state index in [2.05, 4.69) is 76.8 Å². The van der Waals surface area contributed by atoms with E-state index < -0.39 is 17.6 Å². The number of carbonyl (C=O) groups is 2. The van der Waals surface area contributed by atoms with Crippen molar-refractivity contribution in [2.24, 2.45) is 0 Å². The van der Waals surface area contributed by atoms with E-state index in [1.54, 1.807) is 12.4 Å². The molecule has 5 aromatic heterocycles. The van der Waals surface area contributed by atoms with Crippen LogP contribution in [0.4, 0.5) is 45.3 Å². The Balaban J connectivity index is 0.742. The molecule has 8 rings (SSSR count). The number of alkyl halides is 3. The molecule has 7 heterocycles. The quantitative estimate of drug-likeness (QED) is 0.112. The highest BCUT2D eigenvalue weighted by Crippen LogP contribution is 2.30. The van der Waals surface area contributed by atoms with Crippen molar-refractivity contribution in [1.82, 2.24) is 45.8 Å². The molecule has 4 N–H and O–H groups in total. The molecule has 310 valence electrons. The molecule has 2 amide bonds. The molecule has 2 aliphatic rings. The maximum Gasteiger partial charge on any atom is 0.416 e. The van der Waals surface area contributed by atoms with Crippen molar-refractivity contribution in [1.29, 1.82) is 0 Å². The van der Waals surface area contributed by atoms with Gasteiger partial charge >= 0.3 is 6.18 Å². The highest BCUT2D eigenvalue weighted by atomic mass is 32.1. The summed E-state index contributed by atoms with van der Waals surface area (Å²) >= 11 is 2.49. The number of carbonyl (C=O) groups excluding carboxylic acids is 2. The summed E-state index contributed by atoms with van der Waals surface area (Å²) in [6, 6.07) is 16.2. The van der Waals surface area contributed by atoms with Crippen molar-refractivity contribution in [3.05, 3.63) is 89.7 Å². The van der Waals surface area contributed by atoms with Crippen molar-refractivity contribution >= 4 is 66.6 Å². The maximum atomic E-state index is 12.8. The Morgan fingerprint density at radius 2 is 1.15 bits per heavy atom. The lowest BCUT2D eigenvalue weighted by Crippen LogP contribution is -2.39. The molecule has 17 nitrogen and oxygen atoms in total. The standard InChI is InChI=1S/C38H38F3N15O2S2/c39-38(40,41)25-6-3-23(4-7-25)20-32(57)46-36-53-51-34(59-36)45-27-13-18-56(19-14-27)31-10-9-29(48-50-31)28-8-5-24(22-42-28)21-33(58)47-37-54-52-35(60-37)44-26-11-16-55(17-12-26)30-2-1-15-43-49-30/h1-10,15,22,26-27H,11-14,16-21H2,(H,44,52)(H,45,51)(H,46,53,57)(H,47,54,58). The van der Waals surface area contributed by atoms with Gasteiger partial charge in [-0.15, -0.1) is 35.7 Å². The minimum Gasteiger partial charge on any atom is -0.357 e. The van der Waals surface area contributed by atoms with Crippen molar-refractivity contribution in [2.75, 3.05) is 57.2 Å². The molecule has 2 saturated heterocycles. The number of nitrogens with one attached hydrogen (secondary N) is 4. The highest BCUT2D eigenvalue weighted by Gasteiger charge is 2.30. The lowest BCUT2D eigenvalue weighted by atomic mass is 10.1. The molecule has 2 aliphatic heterocycles. The zero-order valence-corrected chi connectivity index (χ0v) is 33.5. The summed E-state index contributed by atoms with van der Waals surface area (Å²) in [7, 11) is 0. The summed E-state index contributed by atoms with van der Waals surface area (Å²) in [5.41, 5.74) is 1.67. The van der Waals surface area contributed by atoms with Gasteiger partial charge in [0.15, 0.2) is 11.6 Å². The van der Waals surface area contributed by atoms with E-state index in [1.165, 1.54) is 34.8 Å². The third kappa shape index (κ3) is 10.6. The zero-order chi connectivity index (χ0) is 41.5. The third-order valence-corrected chi connectivity index (χ3v) is 11.5. The van der Waals surface area contributed by atoms with Crippen LogP contribution in [-0.4, -0.2) is 95.9 Å². The normalized spacial score (nSPS) is 15.1. The van der Waals surface area contributed by atoms with E-state index in [0.717, 1.165) is 81.2 Å². The first-order valence-electron chi connectivity index (χ1n) is 19.1. The van der Waals surface area contributed by atoms with Crippen molar-refractivity contribution in [2.45, 2.75) is 56.8 Å². The van der Waals surface area contributed by atoms with Gasteiger partial charge in [0.05, 0.1) is 24.1 Å². The van der Waals surface area contributed by atoms with Crippen LogP contribution in [0.15, 0.2) is 73.1 Å². The summed E-state index contributed by atoms with van der Waals surface area (Å²) in [4.78, 5) is 34.2. The van der Waals surface area contributed by atoms with Crippen LogP contribution in [0.2, 0.25) is 0 Å². The first-order valence-corrected chi connectivity index (χ1v) is 20.8. The van der Waals surface area contributed by atoms with Crippen molar-refractivity contribution in [3.63, 3.8) is 0 Å². The van der Waals surface area contributed by atoms with E-state index in [9.17, 15) is 22.8 Å². The molecule has 60 heavy (non-hydrogen) atoms. The van der Waals surface area contributed by atoms with Crippen molar-refractivity contribution in [3.8, 4) is 11.4 Å². The number of piperidine rings is 2. The van der Waals surface area contributed by atoms with Gasteiger partial charge in [0.25, 0.3) is 0 Å². The lowest BCUT2D eigenvalue weighted by Gasteiger charge is -2.32. The second kappa shape index (κ2) is 18.2. The smallest absolute Gasteiger partial charge is 0.357 e. The number of halogens is 3. The minimum absolute atomic E-state index is 0.0901. The zero-order valence-electron chi connectivity index (χ0n) is 31.8. The molecular weight excluding hydrogens is 820 g/mol. The summed E-state index contributed by atoms with van der Waals surface area (Å²) < 4.78 is 38.4. The summed E-state index contributed by atoms with van der Waals surface area (Å²) in [6.07, 6.45) is 2.36. The molecule has 0 aliphatic carbocycles. The molecule has 0 atom stereocenters. The maximum absolute atomic E-state index is 12.8. The van der Waals surface area contributed by atoms with Gasteiger partial charge in [0.2, 0.25) is 32.3 Å². The molecular formula is C38H38F3N15O2S2. The summed E-state index contributed by atoms with van der Waals surface area (Å²) in [6.45, 7) is 3.18. The van der Waals surface area contributed by atoms with Crippen LogP contribution in [0.3, 0.4) is 0 Å². The third-order valence-electron chi connectivity index (χ3n) is 9.94. The van der Waals surface area contributed by atoms with Gasteiger partial charge in [0.1, 0.15) is 5.69 Å². The van der Waals surface area contributed by atoms with Gasteiger partial charge in [-0.05, 0) is 79.3 Å². The van der Waals surface area contributed by atoms with E-state index in [-0.39, 0.29) is 30.8 Å². The molecule has 0 spiro atoms. The van der Waals surface area contributed by atoms with E-state index in [1.807, 2.05) is 36.4 Å². The minimum atomic E-state index is -4.43. The number of anilines is 6. The number of hydrogen-bond donors (Lipinski definition) is 4. The number of aromatic nitrogens is 9. The monoisotopic (exact) mass is 857 g/mol. The lowest BCUT2D eigenvalue weighted by molar-refractivity contribution is -0.137. The highest BCUT2D eigenvalue weighted by molar-refractivity contribution is 7.19. The number of pyridine rings is 1. The van der Waals surface area contributed by atoms with Gasteiger partial charge in [-0.2, -0.15) is 18.3 Å². The second-order valence-corrected chi connectivity index (χ2v) is 16.1. The Morgan fingerprint density at radius 3 is 1.65 bits per heavy atom. The number of amides is 2. The molecule has 2 fully saturated rings. The Labute approximate surface area is 349 Å². The Kier molecular flexibility index (Phi) is 12.3. The van der Waals surface area contributed by atoms with Crippen molar-refractivity contribution < 1.29 is 22.8 Å². The molecule has 0 unspecified atom stereocenters. The summed E-state index contributed by atoms with van der Waals surface area (Å²) in [5.74, 6) is 1.01. The Bertz CT molecular complexity index is 2350. The summed E-state index contributed by atoms with van der Waals surface area (Å²) in [5, 5.41) is 47.8. The van der Waals surface area contributed by atoms with Gasteiger partial charge in [-0.1, -0.05) is 40.9 Å². The molecule has 0 radical (unpaired) electrons. The predicted molar refractivity (Wildman–Crippen MR) is 221 cm³/mol. The Hall–Kier alpha value is -6.42. The fourth-order valence-corrected chi connectivity index (χ4v) is 8.28. The average molecular weight is 858 g/mol. The fourth-order valence-electron chi connectivity index (χ4n) is 6.80.